The molecule has 0 radical (unpaired) electrons. The molecule has 29 heavy (non-hydrogen) atoms. The quantitative estimate of drug-likeness (QED) is 0.835. The Hall–Kier alpha value is -2.70. The number of carboxylic acids is 1. The molecular weight excluding hydrogens is 373 g/mol. The number of carboxylic acid groups (broad SMARTS) is 1. The van der Waals surface area contributed by atoms with Crippen LogP contribution in [0, 0.1) is 18.7 Å². The van der Waals surface area contributed by atoms with Crippen molar-refractivity contribution in [2.24, 2.45) is 5.92 Å². The topological polar surface area (TPSA) is 75.4 Å². The van der Waals surface area contributed by atoms with Crippen LogP contribution in [0.25, 0.3) is 5.69 Å². The molecule has 1 aromatic heterocycles. The van der Waals surface area contributed by atoms with Gasteiger partial charge in [-0.15, -0.1) is 0 Å². The molecule has 2 aliphatic rings. The summed E-state index contributed by atoms with van der Waals surface area (Å²) in [5.74, 6) is -1.06. The minimum Gasteiger partial charge on any atom is -0.481 e. The number of likely N-dealkylation sites (tertiary alicyclic amines) is 1. The number of carbonyl (C=O) groups excluding carboxylic acids is 1. The highest BCUT2D eigenvalue weighted by molar-refractivity contribution is 5.94. The van der Waals surface area contributed by atoms with Crippen LogP contribution < -0.4 is 0 Å². The van der Waals surface area contributed by atoms with E-state index in [1.54, 1.807) is 21.7 Å². The summed E-state index contributed by atoms with van der Waals surface area (Å²) in [5.41, 5.74) is 3.62. The summed E-state index contributed by atoms with van der Waals surface area (Å²) in [6, 6.07) is 4.92. The van der Waals surface area contributed by atoms with Gasteiger partial charge in [-0.25, -0.2) is 9.07 Å². The molecular formula is C22H26FN3O3. The molecule has 1 aromatic carbocycles. The minimum atomic E-state index is -0.801. The van der Waals surface area contributed by atoms with Crippen LogP contribution in [0.1, 0.15) is 59.4 Å². The maximum atomic E-state index is 14.5. The lowest BCUT2D eigenvalue weighted by atomic mass is 9.93. The SMILES string of the molecule is Cc1ccc(F)c(-n2nc(C(=O)N3CCCC(CCC(=O)O)C3)c3c2CCC3)c1. The fourth-order valence-corrected chi connectivity index (χ4v) is 4.56. The van der Waals surface area contributed by atoms with Crippen molar-refractivity contribution in [2.45, 2.75) is 51.9 Å². The Morgan fingerprint density at radius 3 is 2.90 bits per heavy atom. The van der Waals surface area contributed by atoms with Gasteiger partial charge in [-0.3, -0.25) is 9.59 Å². The van der Waals surface area contributed by atoms with Crippen molar-refractivity contribution in [3.05, 3.63) is 46.5 Å². The molecule has 6 nitrogen and oxygen atoms in total. The number of halogens is 1. The van der Waals surface area contributed by atoms with Gasteiger partial charge in [0.25, 0.3) is 5.91 Å². The van der Waals surface area contributed by atoms with Crippen molar-refractivity contribution in [1.82, 2.24) is 14.7 Å². The number of hydrogen-bond donors (Lipinski definition) is 1. The fraction of sp³-hybridized carbons (Fsp3) is 0.500. The fourth-order valence-electron chi connectivity index (χ4n) is 4.56. The number of amides is 1. The van der Waals surface area contributed by atoms with E-state index in [0.717, 1.165) is 48.9 Å². The Kier molecular flexibility index (Phi) is 5.39. The first-order valence-electron chi connectivity index (χ1n) is 10.3. The van der Waals surface area contributed by atoms with Gasteiger partial charge in [0, 0.05) is 30.8 Å². The maximum absolute atomic E-state index is 14.5. The molecule has 4 rings (SSSR count). The van der Waals surface area contributed by atoms with E-state index in [1.165, 1.54) is 6.07 Å². The Morgan fingerprint density at radius 1 is 1.28 bits per heavy atom. The van der Waals surface area contributed by atoms with Crippen molar-refractivity contribution in [3.8, 4) is 5.69 Å². The number of piperidine rings is 1. The van der Waals surface area contributed by atoms with Gasteiger partial charge in [0.2, 0.25) is 0 Å². The van der Waals surface area contributed by atoms with Crippen LogP contribution in [0.2, 0.25) is 0 Å². The summed E-state index contributed by atoms with van der Waals surface area (Å²) in [6.07, 6.45) is 5.01. The highest BCUT2D eigenvalue weighted by Crippen LogP contribution is 2.31. The van der Waals surface area contributed by atoms with E-state index >= 15 is 0 Å². The van der Waals surface area contributed by atoms with Crippen molar-refractivity contribution >= 4 is 11.9 Å². The molecule has 0 saturated carbocycles. The van der Waals surface area contributed by atoms with Gasteiger partial charge in [0.15, 0.2) is 5.69 Å². The normalized spacial score (nSPS) is 18.7. The molecule has 2 heterocycles. The summed E-state index contributed by atoms with van der Waals surface area (Å²) in [4.78, 5) is 26.0. The van der Waals surface area contributed by atoms with E-state index in [-0.39, 0.29) is 24.1 Å². The van der Waals surface area contributed by atoms with Crippen LogP contribution in [0.5, 0.6) is 0 Å². The Balaban J connectivity index is 1.61. The number of hydrogen-bond acceptors (Lipinski definition) is 3. The molecule has 1 unspecified atom stereocenters. The van der Waals surface area contributed by atoms with Gasteiger partial charge in [-0.05, 0) is 69.1 Å². The van der Waals surface area contributed by atoms with Crippen molar-refractivity contribution in [3.63, 3.8) is 0 Å². The highest BCUT2D eigenvalue weighted by Gasteiger charge is 2.32. The Morgan fingerprint density at radius 2 is 2.10 bits per heavy atom. The van der Waals surface area contributed by atoms with Gasteiger partial charge in [0.1, 0.15) is 11.5 Å². The van der Waals surface area contributed by atoms with Crippen LogP contribution in [-0.4, -0.2) is 44.8 Å². The zero-order valence-electron chi connectivity index (χ0n) is 16.7. The average molecular weight is 399 g/mol. The third kappa shape index (κ3) is 3.91. The summed E-state index contributed by atoms with van der Waals surface area (Å²) < 4.78 is 16.1. The van der Waals surface area contributed by atoms with E-state index in [9.17, 15) is 14.0 Å². The largest absolute Gasteiger partial charge is 0.481 e. The first kappa shape index (κ1) is 19.6. The van der Waals surface area contributed by atoms with Crippen LogP contribution in [-0.2, 0) is 17.6 Å². The number of carbonyl (C=O) groups is 2. The molecule has 0 bridgehead atoms. The van der Waals surface area contributed by atoms with E-state index in [0.29, 0.717) is 30.9 Å². The van der Waals surface area contributed by atoms with Crippen LogP contribution in [0.3, 0.4) is 0 Å². The third-order valence-electron chi connectivity index (χ3n) is 6.04. The second-order valence-electron chi connectivity index (χ2n) is 8.19. The van der Waals surface area contributed by atoms with Gasteiger partial charge in [-0.1, -0.05) is 6.07 Å². The number of aryl methyl sites for hydroxylation is 1. The minimum absolute atomic E-state index is 0.116. The molecule has 154 valence electrons. The smallest absolute Gasteiger partial charge is 0.303 e. The summed E-state index contributed by atoms with van der Waals surface area (Å²) in [7, 11) is 0. The number of aromatic nitrogens is 2. The molecule has 1 aliphatic heterocycles. The predicted octanol–water partition coefficient (Wildman–Crippen LogP) is 3.53. The van der Waals surface area contributed by atoms with Gasteiger partial charge < -0.3 is 10.0 Å². The zero-order chi connectivity index (χ0) is 20.5. The van der Waals surface area contributed by atoms with Gasteiger partial charge in [0.05, 0.1) is 0 Å². The standard InChI is InChI=1S/C22H26FN3O3/c1-14-7-9-17(23)19(12-14)26-18-6-2-5-16(18)21(24-26)22(29)25-11-3-4-15(13-25)8-10-20(27)28/h7,9,12,15H,2-6,8,10-11,13H2,1H3,(H,27,28). The molecule has 1 amide bonds. The number of nitrogens with zero attached hydrogens (tertiary/aromatic N) is 3. The predicted molar refractivity (Wildman–Crippen MR) is 106 cm³/mol. The first-order valence-corrected chi connectivity index (χ1v) is 10.3. The number of aliphatic carboxylic acids is 1. The summed E-state index contributed by atoms with van der Waals surface area (Å²) in [5, 5.41) is 13.5. The van der Waals surface area contributed by atoms with E-state index < -0.39 is 5.97 Å². The molecule has 1 aliphatic carbocycles. The number of fused-ring (bicyclic) bond motifs is 1. The van der Waals surface area contributed by atoms with E-state index in [2.05, 4.69) is 5.10 Å². The van der Waals surface area contributed by atoms with E-state index in [4.69, 9.17) is 5.11 Å². The van der Waals surface area contributed by atoms with Crippen molar-refractivity contribution in [1.29, 1.82) is 0 Å². The first-order chi connectivity index (χ1) is 13.9. The van der Waals surface area contributed by atoms with Crippen LogP contribution in [0.4, 0.5) is 4.39 Å². The van der Waals surface area contributed by atoms with Gasteiger partial charge >= 0.3 is 5.97 Å². The Bertz CT molecular complexity index is 953. The third-order valence-corrected chi connectivity index (χ3v) is 6.04. The summed E-state index contributed by atoms with van der Waals surface area (Å²) in [6.45, 7) is 3.12. The van der Waals surface area contributed by atoms with Gasteiger partial charge in [-0.2, -0.15) is 5.10 Å². The highest BCUT2D eigenvalue weighted by atomic mass is 19.1. The molecule has 2 aromatic rings. The number of rotatable bonds is 5. The van der Waals surface area contributed by atoms with Crippen LogP contribution >= 0.6 is 0 Å². The second kappa shape index (κ2) is 7.97. The summed E-state index contributed by atoms with van der Waals surface area (Å²) >= 11 is 0. The second-order valence-corrected chi connectivity index (χ2v) is 8.19. The maximum Gasteiger partial charge on any atom is 0.303 e. The van der Waals surface area contributed by atoms with E-state index in [1.807, 2.05) is 6.92 Å². The molecule has 1 fully saturated rings. The van der Waals surface area contributed by atoms with Crippen molar-refractivity contribution in [2.75, 3.05) is 13.1 Å². The molecule has 1 N–H and O–H groups in total. The lowest BCUT2D eigenvalue weighted by Gasteiger charge is -2.32. The molecule has 1 atom stereocenters. The molecule has 0 spiro atoms. The average Bonchev–Trinajstić information content (AvgIpc) is 3.31. The lowest BCUT2D eigenvalue weighted by Crippen LogP contribution is -2.40. The van der Waals surface area contributed by atoms with Crippen molar-refractivity contribution < 1.29 is 19.1 Å². The molecule has 1 saturated heterocycles. The number of benzene rings is 1. The molecule has 7 heteroatoms. The Labute approximate surface area is 169 Å². The lowest BCUT2D eigenvalue weighted by molar-refractivity contribution is -0.137. The van der Waals surface area contributed by atoms with Crippen LogP contribution in [0.15, 0.2) is 18.2 Å². The monoisotopic (exact) mass is 399 g/mol. The zero-order valence-corrected chi connectivity index (χ0v) is 16.7.